The topological polar surface area (TPSA) is 38.0 Å². The molecule has 62 valence electrons. The molecule has 0 aromatic rings. The highest BCUT2D eigenvalue weighted by molar-refractivity contribution is 4.77. The van der Waals surface area contributed by atoms with Crippen molar-refractivity contribution in [1.82, 2.24) is 5.32 Å². The first-order chi connectivity index (χ1) is 4.80. The minimum absolute atomic E-state index is 0.380. The molecular weight excluding hydrogens is 124 g/mol. The summed E-state index contributed by atoms with van der Waals surface area (Å²) in [7, 11) is 0. The van der Waals surface area contributed by atoms with Crippen LogP contribution in [0.5, 0.6) is 0 Å². The Morgan fingerprint density at radius 1 is 1.50 bits per heavy atom. The van der Waals surface area contributed by atoms with E-state index >= 15 is 0 Å². The lowest BCUT2D eigenvalue weighted by Crippen LogP contribution is -2.27. The van der Waals surface area contributed by atoms with Gasteiger partial charge < -0.3 is 11.1 Å². The van der Waals surface area contributed by atoms with Gasteiger partial charge in [-0.3, -0.25) is 0 Å². The maximum Gasteiger partial charge on any atom is 0.00513 e. The van der Waals surface area contributed by atoms with Gasteiger partial charge in [-0.25, -0.2) is 0 Å². The Hall–Kier alpha value is -0.0800. The SMILES string of the molecule is CC.CC(N)C1CCNC1. The van der Waals surface area contributed by atoms with Crippen LogP contribution in [0.2, 0.25) is 0 Å². The van der Waals surface area contributed by atoms with Crippen molar-refractivity contribution in [1.29, 1.82) is 0 Å². The third-order valence-corrected chi connectivity index (χ3v) is 1.84. The summed E-state index contributed by atoms with van der Waals surface area (Å²) in [5.74, 6) is 0.731. The van der Waals surface area contributed by atoms with E-state index in [0.717, 1.165) is 19.0 Å². The number of hydrogen-bond acceptors (Lipinski definition) is 2. The van der Waals surface area contributed by atoms with E-state index in [1.54, 1.807) is 0 Å². The van der Waals surface area contributed by atoms with Crippen LogP contribution in [-0.2, 0) is 0 Å². The van der Waals surface area contributed by atoms with E-state index in [1.807, 2.05) is 13.8 Å². The Kier molecular flexibility index (Phi) is 5.64. The van der Waals surface area contributed by atoms with Crippen LogP contribution in [0.15, 0.2) is 0 Å². The molecule has 0 saturated carbocycles. The fourth-order valence-electron chi connectivity index (χ4n) is 1.13. The van der Waals surface area contributed by atoms with E-state index in [-0.39, 0.29) is 0 Å². The van der Waals surface area contributed by atoms with Crippen molar-refractivity contribution in [3.8, 4) is 0 Å². The molecule has 1 aliphatic rings. The summed E-state index contributed by atoms with van der Waals surface area (Å²) in [6.07, 6.45) is 1.26. The van der Waals surface area contributed by atoms with E-state index in [0.29, 0.717) is 6.04 Å². The van der Waals surface area contributed by atoms with Crippen LogP contribution >= 0.6 is 0 Å². The van der Waals surface area contributed by atoms with E-state index in [2.05, 4.69) is 12.2 Å². The van der Waals surface area contributed by atoms with Crippen molar-refractivity contribution in [3.05, 3.63) is 0 Å². The van der Waals surface area contributed by atoms with Gasteiger partial charge in [0.2, 0.25) is 0 Å². The second-order valence-corrected chi connectivity index (χ2v) is 2.61. The molecule has 1 saturated heterocycles. The van der Waals surface area contributed by atoms with E-state index < -0.39 is 0 Å². The van der Waals surface area contributed by atoms with Gasteiger partial charge in [0.25, 0.3) is 0 Å². The van der Waals surface area contributed by atoms with Crippen molar-refractivity contribution in [2.24, 2.45) is 11.7 Å². The van der Waals surface area contributed by atoms with Gasteiger partial charge >= 0.3 is 0 Å². The molecule has 1 fully saturated rings. The Morgan fingerprint density at radius 2 is 2.10 bits per heavy atom. The lowest BCUT2D eigenvalue weighted by atomic mass is 10.0. The van der Waals surface area contributed by atoms with Crippen LogP contribution in [-0.4, -0.2) is 19.1 Å². The van der Waals surface area contributed by atoms with E-state index in [9.17, 15) is 0 Å². The average molecular weight is 144 g/mol. The second kappa shape index (κ2) is 5.69. The molecule has 1 aliphatic heterocycles. The molecule has 0 aliphatic carbocycles. The molecule has 2 unspecified atom stereocenters. The number of nitrogens with two attached hydrogens (primary N) is 1. The number of rotatable bonds is 1. The molecule has 0 amide bonds. The monoisotopic (exact) mass is 144 g/mol. The molecule has 0 aromatic heterocycles. The fourth-order valence-corrected chi connectivity index (χ4v) is 1.13. The molecule has 2 heteroatoms. The Morgan fingerprint density at radius 3 is 2.30 bits per heavy atom. The quantitative estimate of drug-likeness (QED) is 0.575. The van der Waals surface area contributed by atoms with Crippen LogP contribution in [0.25, 0.3) is 0 Å². The molecule has 3 N–H and O–H groups in total. The fraction of sp³-hybridized carbons (Fsp3) is 1.00. The second-order valence-electron chi connectivity index (χ2n) is 2.61. The van der Waals surface area contributed by atoms with Crippen molar-refractivity contribution in [2.75, 3.05) is 13.1 Å². The van der Waals surface area contributed by atoms with Crippen LogP contribution in [0, 0.1) is 5.92 Å². The Bertz CT molecular complexity index is 65.7. The van der Waals surface area contributed by atoms with Crippen molar-refractivity contribution >= 4 is 0 Å². The minimum Gasteiger partial charge on any atom is -0.328 e. The molecule has 0 aromatic carbocycles. The molecule has 1 heterocycles. The van der Waals surface area contributed by atoms with Gasteiger partial charge in [-0.15, -0.1) is 0 Å². The highest BCUT2D eigenvalue weighted by Crippen LogP contribution is 2.09. The number of nitrogens with one attached hydrogen (secondary N) is 1. The normalized spacial score (nSPS) is 27.0. The van der Waals surface area contributed by atoms with Gasteiger partial charge in [-0.1, -0.05) is 13.8 Å². The summed E-state index contributed by atoms with van der Waals surface area (Å²) < 4.78 is 0. The molecular formula is C8H20N2. The van der Waals surface area contributed by atoms with E-state index in [1.165, 1.54) is 6.42 Å². The summed E-state index contributed by atoms with van der Waals surface area (Å²) in [6.45, 7) is 8.36. The summed E-state index contributed by atoms with van der Waals surface area (Å²) >= 11 is 0. The largest absolute Gasteiger partial charge is 0.328 e. The van der Waals surface area contributed by atoms with Gasteiger partial charge in [0, 0.05) is 6.04 Å². The van der Waals surface area contributed by atoms with Crippen LogP contribution in [0.1, 0.15) is 27.2 Å². The molecule has 2 nitrogen and oxygen atoms in total. The summed E-state index contributed by atoms with van der Waals surface area (Å²) in [6, 6.07) is 0.380. The van der Waals surface area contributed by atoms with Crippen molar-refractivity contribution < 1.29 is 0 Å². The average Bonchev–Trinajstić information content (AvgIpc) is 2.42. The molecule has 1 rings (SSSR count). The molecule has 10 heavy (non-hydrogen) atoms. The van der Waals surface area contributed by atoms with Gasteiger partial charge in [-0.05, 0) is 32.4 Å². The molecule has 0 spiro atoms. The molecule has 2 atom stereocenters. The first-order valence-corrected chi connectivity index (χ1v) is 4.27. The first kappa shape index (κ1) is 9.92. The Labute approximate surface area is 64.2 Å². The Balaban J connectivity index is 0.000000371. The summed E-state index contributed by atoms with van der Waals surface area (Å²) in [5, 5.41) is 3.27. The standard InChI is InChI=1S/C6H14N2.C2H6/c1-5(7)6-2-3-8-4-6;1-2/h5-6,8H,2-4,7H2,1H3;1-2H3. The van der Waals surface area contributed by atoms with Crippen LogP contribution in [0.4, 0.5) is 0 Å². The van der Waals surface area contributed by atoms with Crippen LogP contribution in [0.3, 0.4) is 0 Å². The van der Waals surface area contributed by atoms with Crippen LogP contribution < -0.4 is 11.1 Å². The predicted molar refractivity (Wildman–Crippen MR) is 46.0 cm³/mol. The van der Waals surface area contributed by atoms with Gasteiger partial charge in [0.15, 0.2) is 0 Å². The van der Waals surface area contributed by atoms with Gasteiger partial charge in [0.05, 0.1) is 0 Å². The molecule has 0 radical (unpaired) electrons. The maximum atomic E-state index is 5.66. The van der Waals surface area contributed by atoms with Crippen molar-refractivity contribution in [3.63, 3.8) is 0 Å². The van der Waals surface area contributed by atoms with E-state index in [4.69, 9.17) is 5.73 Å². The number of hydrogen-bond donors (Lipinski definition) is 2. The highest BCUT2D eigenvalue weighted by atomic mass is 14.9. The van der Waals surface area contributed by atoms with Crippen molar-refractivity contribution in [2.45, 2.75) is 33.2 Å². The molecule has 0 bridgehead atoms. The maximum absolute atomic E-state index is 5.66. The minimum atomic E-state index is 0.380. The predicted octanol–water partition coefficient (Wildman–Crippen LogP) is 0.969. The third kappa shape index (κ3) is 3.18. The van der Waals surface area contributed by atoms with Gasteiger partial charge in [0.1, 0.15) is 0 Å². The van der Waals surface area contributed by atoms with Gasteiger partial charge in [-0.2, -0.15) is 0 Å². The highest BCUT2D eigenvalue weighted by Gasteiger charge is 2.17. The zero-order valence-corrected chi connectivity index (χ0v) is 7.35. The zero-order chi connectivity index (χ0) is 7.98. The zero-order valence-electron chi connectivity index (χ0n) is 7.35. The third-order valence-electron chi connectivity index (χ3n) is 1.84. The smallest absolute Gasteiger partial charge is 0.00513 e. The first-order valence-electron chi connectivity index (χ1n) is 4.27. The summed E-state index contributed by atoms with van der Waals surface area (Å²) in [4.78, 5) is 0. The lowest BCUT2D eigenvalue weighted by molar-refractivity contribution is 0.484. The summed E-state index contributed by atoms with van der Waals surface area (Å²) in [5.41, 5.74) is 5.66. The lowest BCUT2D eigenvalue weighted by Gasteiger charge is -2.10.